The van der Waals surface area contributed by atoms with Gasteiger partial charge in [-0.05, 0) is 43.5 Å². The minimum atomic E-state index is -1.44. The molecule has 2 atom stereocenters. The predicted molar refractivity (Wildman–Crippen MR) is 210 cm³/mol. The molecule has 0 saturated carbocycles. The van der Waals surface area contributed by atoms with E-state index in [4.69, 9.17) is 5.73 Å². The van der Waals surface area contributed by atoms with Crippen LogP contribution in [0.3, 0.4) is 0 Å². The first-order valence-corrected chi connectivity index (χ1v) is 19.0. The number of carboxylic acids is 4. The molecule has 0 radical (unpaired) electrons. The first kappa shape index (κ1) is 49.4. The number of hydrogen-bond donors (Lipinski definition) is 6. The summed E-state index contributed by atoms with van der Waals surface area (Å²) < 4.78 is 0. The van der Waals surface area contributed by atoms with E-state index in [2.05, 4.69) is 35.9 Å². The molecule has 1 aromatic carbocycles. The summed E-state index contributed by atoms with van der Waals surface area (Å²) in [5.41, 5.74) is 6.28. The van der Waals surface area contributed by atoms with Crippen LogP contribution in [0.1, 0.15) is 54.6 Å². The van der Waals surface area contributed by atoms with Gasteiger partial charge in [0.1, 0.15) is 11.8 Å². The summed E-state index contributed by atoms with van der Waals surface area (Å²) in [7, 11) is 0. The number of aromatic nitrogens is 4. The maximum atomic E-state index is 12.8. The van der Waals surface area contributed by atoms with Gasteiger partial charge in [-0.15, -0.1) is 0 Å². The smallest absolute Gasteiger partial charge is 0.549 e. The minimum absolute atomic E-state index is 0. The van der Waals surface area contributed by atoms with E-state index in [1.165, 1.54) is 33.0 Å². The summed E-state index contributed by atoms with van der Waals surface area (Å²) in [6, 6.07) is 3.51. The van der Waals surface area contributed by atoms with Crippen LogP contribution in [0.4, 0.5) is 11.6 Å². The fourth-order valence-corrected chi connectivity index (χ4v) is 6.39. The van der Waals surface area contributed by atoms with Crippen LogP contribution in [0.5, 0.6) is 0 Å². The minimum Gasteiger partial charge on any atom is -0.549 e. The molecule has 1 unspecified atom stereocenters. The number of nitrogens with zero attached hydrogens (tertiary/aromatic N) is 6. The Balaban J connectivity index is 0.00000992. The van der Waals surface area contributed by atoms with Gasteiger partial charge in [-0.3, -0.25) is 38.9 Å². The molecule has 324 valence electrons. The molecule has 24 heteroatoms. The molecule has 4 rings (SSSR count). The Kier molecular flexibility index (Phi) is 19.7. The van der Waals surface area contributed by atoms with Gasteiger partial charge in [0.05, 0.1) is 36.3 Å². The van der Waals surface area contributed by atoms with E-state index in [1.54, 1.807) is 12.1 Å². The Labute approximate surface area is 361 Å². The van der Waals surface area contributed by atoms with Gasteiger partial charge in [0.25, 0.3) is 11.5 Å². The van der Waals surface area contributed by atoms with E-state index < -0.39 is 66.4 Å². The van der Waals surface area contributed by atoms with Crippen LogP contribution in [0.25, 0.3) is 11.2 Å². The Morgan fingerprint density at radius 3 is 2.07 bits per heavy atom. The first-order valence-electron chi connectivity index (χ1n) is 19.0. The number of H-pyrrole nitrogens is 1. The number of nitrogens with two attached hydrogens (primary N) is 1. The van der Waals surface area contributed by atoms with Crippen molar-refractivity contribution in [2.45, 2.75) is 57.2 Å². The number of amides is 2. The summed E-state index contributed by atoms with van der Waals surface area (Å²) in [5.74, 6) is -7.03. The van der Waals surface area contributed by atoms with Crippen LogP contribution < -0.4 is 42.6 Å². The molecule has 7 N–H and O–H groups in total. The maximum Gasteiger partial charge on any atom is 3.00 e. The van der Waals surface area contributed by atoms with Crippen LogP contribution >= 0.6 is 0 Å². The van der Waals surface area contributed by atoms with Gasteiger partial charge in [-0.25, -0.2) is 14.8 Å². The maximum absolute atomic E-state index is 12.8. The third kappa shape index (κ3) is 16.6. The van der Waals surface area contributed by atoms with Gasteiger partial charge >= 0.3 is 25.8 Å². The molecule has 0 bridgehead atoms. The molecule has 0 spiro atoms. The zero-order chi connectivity index (χ0) is 43.8. The summed E-state index contributed by atoms with van der Waals surface area (Å²) in [6.07, 6.45) is 0.940. The average Bonchev–Trinajstić information content (AvgIpc) is 3.27. The topological polar surface area (TPSA) is 352 Å². The van der Waals surface area contributed by atoms with Crippen molar-refractivity contribution < 1.29 is 54.0 Å². The number of Topliss-reactive ketones (excluding diaryl/α,β-unsaturated/α-hetero) is 1. The van der Waals surface area contributed by atoms with E-state index in [0.717, 1.165) is 0 Å². The number of rotatable bonds is 22. The molecular weight excluding hydrogens is 860 g/mol. The van der Waals surface area contributed by atoms with Crippen molar-refractivity contribution in [1.29, 1.82) is 0 Å². The number of aromatic amines is 1. The average molecular weight is 907 g/mol. The van der Waals surface area contributed by atoms with Crippen LogP contribution in [0, 0.1) is 0 Å². The van der Waals surface area contributed by atoms with Crippen LogP contribution in [0.15, 0.2) is 35.3 Å². The van der Waals surface area contributed by atoms with Crippen LogP contribution in [-0.4, -0.2) is 172 Å². The van der Waals surface area contributed by atoms with Crippen molar-refractivity contribution in [2.75, 3.05) is 70.0 Å². The normalized spacial score (nSPS) is 14.9. The number of nitrogens with one attached hydrogen (secondary N) is 4. The number of benzene rings is 1. The van der Waals surface area contributed by atoms with Crippen molar-refractivity contribution in [3.05, 3.63) is 52.1 Å². The molecule has 2 amide bonds. The van der Waals surface area contributed by atoms with Gasteiger partial charge in [-0.2, -0.15) is 4.98 Å². The number of ketones is 1. The van der Waals surface area contributed by atoms with E-state index >= 15 is 0 Å². The summed E-state index contributed by atoms with van der Waals surface area (Å²) in [5, 5.41) is 52.3. The van der Waals surface area contributed by atoms with Gasteiger partial charge in [0.15, 0.2) is 11.2 Å². The van der Waals surface area contributed by atoms with Crippen molar-refractivity contribution in [3.63, 3.8) is 0 Å². The molecule has 0 aliphatic carbocycles. The van der Waals surface area contributed by atoms with Crippen LogP contribution in [0.2, 0.25) is 0 Å². The SMILES string of the molecule is Nc1nc2ncc(CNc3ccc(C(=O)N[C@@H](CCC(=O)NCCCC(=O)CCC(C(=O)[O-])N4CCN(CC(=O)[O-])CCN(CC(=O)[O-])CC4)C(=O)O)cc3)nc2c(=O)[nH]1.[Ga+3]. The second kappa shape index (κ2) is 24.3. The largest absolute Gasteiger partial charge is 3.00 e. The van der Waals surface area contributed by atoms with E-state index in [-0.39, 0.29) is 139 Å². The van der Waals surface area contributed by atoms with E-state index in [0.29, 0.717) is 11.4 Å². The molecule has 1 fully saturated rings. The van der Waals surface area contributed by atoms with Crippen molar-refractivity contribution in [3.8, 4) is 0 Å². The number of aliphatic carboxylic acids is 4. The van der Waals surface area contributed by atoms with E-state index in [1.807, 2.05) is 0 Å². The standard InChI is InChI=1S/C37H49N11O12.Ga/c38-37-44-32-31(34(56)45-37)42-24(19-41-32)18-40-23-5-3-22(4-6-23)33(55)43-26(35(57)58)8-10-28(50)39-11-1-2-25(49)7-9-27(36(59)60)48-16-14-46(20-29(51)52)12-13-47(15-17-48)21-30(53)54;/h3-6,19,26-27,40H,1-2,7-18,20-21H2,(H,39,50)(H,43,55)(H,51,52)(H,53,54)(H,57,58)(H,59,60)(H3,38,41,44,45,56);/q;+3/p-3/t26-,27?;/m0./s1. The number of hydrogen-bond acceptors (Lipinski definition) is 19. The van der Waals surface area contributed by atoms with Crippen molar-refractivity contribution >= 4 is 84.1 Å². The summed E-state index contributed by atoms with van der Waals surface area (Å²) >= 11 is 0. The van der Waals surface area contributed by atoms with Gasteiger partial charge in [0, 0.05) is 95.5 Å². The Bertz CT molecular complexity index is 2060. The predicted octanol–water partition coefficient (Wildman–Crippen LogP) is -5.73. The van der Waals surface area contributed by atoms with Gasteiger partial charge in [-0.1, -0.05) is 0 Å². The second-order valence-corrected chi connectivity index (χ2v) is 14.0. The fourth-order valence-electron chi connectivity index (χ4n) is 6.39. The number of carbonyl (C=O) groups excluding carboxylic acids is 6. The molecule has 1 aliphatic rings. The number of carboxylic acid groups (broad SMARTS) is 4. The summed E-state index contributed by atoms with van der Waals surface area (Å²) in [6.45, 7) is 0.362. The number of anilines is 2. The molecular formula is C37H46GaN11O12. The third-order valence-corrected chi connectivity index (χ3v) is 9.58. The fraction of sp³-hybridized carbons (Fsp3) is 0.486. The Morgan fingerprint density at radius 1 is 0.852 bits per heavy atom. The quantitative estimate of drug-likeness (QED) is 0.0404. The first-order chi connectivity index (χ1) is 28.6. The Hall–Kier alpha value is -5.95. The zero-order valence-electron chi connectivity index (χ0n) is 33.1. The number of carbonyl (C=O) groups is 7. The van der Waals surface area contributed by atoms with Crippen LogP contribution in [-0.2, 0) is 35.3 Å². The van der Waals surface area contributed by atoms with Crippen molar-refractivity contribution in [1.82, 2.24) is 45.3 Å². The molecule has 1 saturated heterocycles. The van der Waals surface area contributed by atoms with Crippen molar-refractivity contribution in [2.24, 2.45) is 0 Å². The molecule has 1 aliphatic heterocycles. The summed E-state index contributed by atoms with van der Waals surface area (Å²) in [4.78, 5) is 116. The second-order valence-electron chi connectivity index (χ2n) is 14.0. The number of nitrogen functional groups attached to an aromatic ring is 1. The monoisotopic (exact) mass is 905 g/mol. The molecule has 23 nitrogen and oxygen atoms in total. The van der Waals surface area contributed by atoms with Gasteiger partial charge in [0.2, 0.25) is 11.9 Å². The zero-order valence-corrected chi connectivity index (χ0v) is 35.6. The molecule has 61 heavy (non-hydrogen) atoms. The van der Waals surface area contributed by atoms with E-state index in [9.17, 15) is 58.8 Å². The molecule has 3 heterocycles. The molecule has 3 aromatic rings. The van der Waals surface area contributed by atoms with Gasteiger partial charge < -0.3 is 56.5 Å². The number of fused-ring (bicyclic) bond motifs is 1. The molecule has 2 aromatic heterocycles. The third-order valence-electron chi connectivity index (χ3n) is 9.58. The Morgan fingerprint density at radius 2 is 1.48 bits per heavy atom.